The zero-order chi connectivity index (χ0) is 14.8. The molecule has 1 amide bonds. The summed E-state index contributed by atoms with van der Waals surface area (Å²) in [7, 11) is 2.03. The molecule has 0 unspecified atom stereocenters. The molecule has 1 aromatic heterocycles. The molecule has 3 rings (SSSR count). The molecule has 21 heavy (non-hydrogen) atoms. The molecule has 1 saturated carbocycles. The van der Waals surface area contributed by atoms with Crippen LogP contribution in [0.5, 0.6) is 0 Å². The maximum Gasteiger partial charge on any atom is 0.254 e. The Labute approximate surface area is 126 Å². The van der Waals surface area contributed by atoms with E-state index in [1.54, 1.807) is 0 Å². The van der Waals surface area contributed by atoms with Gasteiger partial charge in [0.2, 0.25) is 0 Å². The fraction of sp³-hybridized carbons (Fsp3) is 0.389. The highest BCUT2D eigenvalue weighted by molar-refractivity contribution is 5.94. The predicted octanol–water partition coefficient (Wildman–Crippen LogP) is 3.39. The van der Waals surface area contributed by atoms with Gasteiger partial charge >= 0.3 is 0 Å². The van der Waals surface area contributed by atoms with Crippen LogP contribution in [0.3, 0.4) is 0 Å². The lowest BCUT2D eigenvalue weighted by Crippen LogP contribution is -2.33. The van der Waals surface area contributed by atoms with Crippen LogP contribution in [0.2, 0.25) is 0 Å². The maximum atomic E-state index is 12.8. The van der Waals surface area contributed by atoms with Crippen molar-refractivity contribution in [2.75, 3.05) is 0 Å². The van der Waals surface area contributed by atoms with E-state index in [2.05, 4.69) is 29.7 Å². The average Bonchev–Trinajstić information content (AvgIpc) is 3.28. The minimum absolute atomic E-state index is 0.154. The number of benzene rings is 1. The Morgan fingerprint density at radius 3 is 2.48 bits per heavy atom. The second-order valence-electron chi connectivity index (χ2n) is 5.83. The molecule has 1 heterocycles. The Balaban J connectivity index is 1.79. The quantitative estimate of drug-likeness (QED) is 0.825. The van der Waals surface area contributed by atoms with Crippen LogP contribution in [0.15, 0.2) is 42.6 Å². The van der Waals surface area contributed by atoms with Gasteiger partial charge in [0.1, 0.15) is 0 Å². The summed E-state index contributed by atoms with van der Waals surface area (Å²) >= 11 is 0. The number of hydrogen-bond acceptors (Lipinski definition) is 1. The van der Waals surface area contributed by atoms with Gasteiger partial charge in [-0.25, -0.2) is 0 Å². The highest BCUT2D eigenvalue weighted by atomic mass is 16.2. The zero-order valence-corrected chi connectivity index (χ0v) is 12.7. The van der Waals surface area contributed by atoms with Crippen LogP contribution < -0.4 is 0 Å². The second-order valence-corrected chi connectivity index (χ2v) is 5.83. The van der Waals surface area contributed by atoms with Crippen LogP contribution in [-0.2, 0) is 20.0 Å². The molecule has 1 aromatic carbocycles. The summed E-state index contributed by atoms with van der Waals surface area (Å²) in [5.41, 5.74) is 3.25. The van der Waals surface area contributed by atoms with Crippen molar-refractivity contribution in [3.63, 3.8) is 0 Å². The first-order valence-electron chi connectivity index (χ1n) is 7.69. The van der Waals surface area contributed by atoms with Gasteiger partial charge < -0.3 is 9.47 Å². The monoisotopic (exact) mass is 282 g/mol. The number of amides is 1. The third-order valence-electron chi connectivity index (χ3n) is 4.24. The third kappa shape index (κ3) is 3.02. The van der Waals surface area contributed by atoms with Crippen LogP contribution in [-0.4, -0.2) is 21.4 Å². The number of carbonyl (C=O) groups excluding carboxylic acids is 1. The number of aryl methyl sites for hydroxylation is 2. The van der Waals surface area contributed by atoms with Crippen molar-refractivity contribution in [3.05, 3.63) is 59.4 Å². The Morgan fingerprint density at radius 1 is 1.24 bits per heavy atom. The van der Waals surface area contributed by atoms with Gasteiger partial charge in [-0.2, -0.15) is 0 Å². The van der Waals surface area contributed by atoms with Crippen molar-refractivity contribution in [3.8, 4) is 0 Å². The van der Waals surface area contributed by atoms with Gasteiger partial charge in [-0.15, -0.1) is 0 Å². The van der Waals surface area contributed by atoms with Crippen LogP contribution in [0.25, 0.3) is 0 Å². The first-order valence-corrected chi connectivity index (χ1v) is 7.69. The van der Waals surface area contributed by atoms with E-state index in [0.717, 1.165) is 24.8 Å². The highest BCUT2D eigenvalue weighted by Crippen LogP contribution is 2.30. The van der Waals surface area contributed by atoms with Crippen LogP contribution in [0.4, 0.5) is 0 Å². The molecule has 0 aliphatic heterocycles. The van der Waals surface area contributed by atoms with Crippen LogP contribution in [0, 0.1) is 0 Å². The van der Waals surface area contributed by atoms with Gasteiger partial charge in [0, 0.05) is 30.5 Å². The lowest BCUT2D eigenvalue weighted by Gasteiger charge is -2.23. The number of hydrogen-bond donors (Lipinski definition) is 0. The molecule has 110 valence electrons. The van der Waals surface area contributed by atoms with Gasteiger partial charge in [-0.3, -0.25) is 4.79 Å². The minimum atomic E-state index is 0.154. The lowest BCUT2D eigenvalue weighted by atomic mass is 10.1. The molecule has 1 aliphatic rings. The van der Waals surface area contributed by atoms with Crippen molar-refractivity contribution in [2.45, 2.75) is 38.8 Å². The van der Waals surface area contributed by atoms with Gasteiger partial charge in [0.15, 0.2) is 0 Å². The largest absolute Gasteiger partial charge is 0.353 e. The normalized spacial score (nSPS) is 14.2. The summed E-state index contributed by atoms with van der Waals surface area (Å²) in [6.45, 7) is 2.82. The predicted molar refractivity (Wildman–Crippen MR) is 84.1 cm³/mol. The summed E-state index contributed by atoms with van der Waals surface area (Å²) in [5, 5.41) is 0. The third-order valence-corrected chi connectivity index (χ3v) is 4.24. The standard InChI is InChI=1S/C18H22N2O/c1-3-14-6-8-15(9-7-14)18(21)20(16-10-11-16)13-17-5-4-12-19(17)2/h4-9,12,16H,3,10-11,13H2,1-2H3. The van der Waals surface area contributed by atoms with Gasteiger partial charge in [-0.05, 0) is 49.1 Å². The van der Waals surface area contributed by atoms with Crippen molar-refractivity contribution in [1.29, 1.82) is 0 Å². The molecule has 3 nitrogen and oxygen atoms in total. The summed E-state index contributed by atoms with van der Waals surface area (Å²) in [4.78, 5) is 14.8. The fourth-order valence-electron chi connectivity index (χ4n) is 2.64. The molecule has 3 heteroatoms. The molecule has 0 N–H and O–H groups in total. The van der Waals surface area contributed by atoms with E-state index in [4.69, 9.17) is 0 Å². The topological polar surface area (TPSA) is 25.2 Å². The second kappa shape index (κ2) is 5.76. The number of nitrogens with zero attached hydrogens (tertiary/aromatic N) is 2. The van der Waals surface area contributed by atoms with E-state index < -0.39 is 0 Å². The number of aromatic nitrogens is 1. The first-order chi connectivity index (χ1) is 10.2. The lowest BCUT2D eigenvalue weighted by molar-refractivity contribution is 0.0726. The van der Waals surface area contributed by atoms with Gasteiger partial charge in [0.05, 0.1) is 6.54 Å². The molecule has 0 atom stereocenters. The smallest absolute Gasteiger partial charge is 0.254 e. The summed E-state index contributed by atoms with van der Waals surface area (Å²) < 4.78 is 2.09. The van der Waals surface area contributed by atoms with E-state index in [-0.39, 0.29) is 5.91 Å². The molecule has 2 aromatic rings. The Bertz CT molecular complexity index is 623. The molecule has 0 spiro atoms. The molecule has 0 radical (unpaired) electrons. The van der Waals surface area contributed by atoms with Gasteiger partial charge in [-0.1, -0.05) is 19.1 Å². The van der Waals surface area contributed by atoms with E-state index >= 15 is 0 Å². The average molecular weight is 282 g/mol. The Kier molecular flexibility index (Phi) is 3.82. The molecule has 0 bridgehead atoms. The first kappa shape index (κ1) is 13.9. The van der Waals surface area contributed by atoms with E-state index in [9.17, 15) is 4.79 Å². The number of carbonyl (C=O) groups is 1. The summed E-state index contributed by atoms with van der Waals surface area (Å²) in [5.74, 6) is 0.154. The zero-order valence-electron chi connectivity index (χ0n) is 12.7. The SMILES string of the molecule is CCc1ccc(C(=O)N(Cc2cccn2C)C2CC2)cc1. The fourth-order valence-corrected chi connectivity index (χ4v) is 2.64. The minimum Gasteiger partial charge on any atom is -0.353 e. The number of rotatable bonds is 5. The molecule has 0 saturated heterocycles. The van der Waals surface area contributed by atoms with E-state index in [0.29, 0.717) is 12.6 Å². The van der Waals surface area contributed by atoms with Gasteiger partial charge in [0.25, 0.3) is 5.91 Å². The van der Waals surface area contributed by atoms with Crippen molar-refractivity contribution in [1.82, 2.24) is 9.47 Å². The van der Waals surface area contributed by atoms with E-state index in [1.807, 2.05) is 36.3 Å². The van der Waals surface area contributed by atoms with Crippen molar-refractivity contribution >= 4 is 5.91 Å². The highest BCUT2D eigenvalue weighted by Gasteiger charge is 2.33. The molecule has 1 aliphatic carbocycles. The Hall–Kier alpha value is -2.03. The molecular formula is C18H22N2O. The van der Waals surface area contributed by atoms with Crippen LogP contribution >= 0.6 is 0 Å². The Morgan fingerprint density at radius 2 is 1.95 bits per heavy atom. The van der Waals surface area contributed by atoms with E-state index in [1.165, 1.54) is 11.3 Å². The molecule has 1 fully saturated rings. The van der Waals surface area contributed by atoms with Crippen molar-refractivity contribution < 1.29 is 4.79 Å². The summed E-state index contributed by atoms with van der Waals surface area (Å²) in [6, 6.07) is 12.6. The maximum absolute atomic E-state index is 12.8. The molecular weight excluding hydrogens is 260 g/mol. The van der Waals surface area contributed by atoms with Crippen molar-refractivity contribution in [2.24, 2.45) is 7.05 Å². The summed E-state index contributed by atoms with van der Waals surface area (Å²) in [6.07, 6.45) is 5.29. The van der Waals surface area contributed by atoms with Crippen LogP contribution in [0.1, 0.15) is 41.4 Å².